The van der Waals surface area contributed by atoms with Gasteiger partial charge in [-0.05, 0) is 6.07 Å². The monoisotopic (exact) mass is 222 g/mol. The molecule has 0 bridgehead atoms. The number of hydrogen-bond acceptors (Lipinski definition) is 3. The van der Waals surface area contributed by atoms with E-state index in [9.17, 15) is 4.79 Å². The van der Waals surface area contributed by atoms with Crippen LogP contribution in [0.4, 0.5) is 0 Å². The van der Waals surface area contributed by atoms with E-state index in [0.717, 1.165) is 13.1 Å². The highest BCUT2D eigenvalue weighted by Crippen LogP contribution is 1.90. The quantitative estimate of drug-likeness (QED) is 0.676. The van der Waals surface area contributed by atoms with Crippen LogP contribution in [0.25, 0.3) is 0 Å². The van der Waals surface area contributed by atoms with Crippen molar-refractivity contribution in [3.63, 3.8) is 0 Å². The van der Waals surface area contributed by atoms with Crippen molar-refractivity contribution in [2.45, 2.75) is 6.54 Å². The van der Waals surface area contributed by atoms with Crippen molar-refractivity contribution in [1.29, 1.82) is 0 Å². The molecule has 0 fully saturated rings. The molecule has 0 aliphatic heterocycles. The summed E-state index contributed by atoms with van der Waals surface area (Å²) in [6.45, 7) is 6.48. The lowest BCUT2D eigenvalue weighted by atomic mass is 10.4. The number of rotatable bonds is 7. The molecule has 16 heavy (non-hydrogen) atoms. The van der Waals surface area contributed by atoms with E-state index in [2.05, 4.69) is 6.58 Å². The molecular weight excluding hydrogens is 204 g/mol. The third kappa shape index (κ3) is 4.00. The second kappa shape index (κ2) is 6.98. The molecule has 1 N–H and O–H groups in total. The fourth-order valence-electron chi connectivity index (χ4n) is 1.51. The number of aliphatic hydroxyl groups excluding tert-OH is 1. The van der Waals surface area contributed by atoms with Crippen LogP contribution in [-0.4, -0.2) is 40.8 Å². The molecule has 0 unspecified atom stereocenters. The van der Waals surface area contributed by atoms with Crippen LogP contribution >= 0.6 is 0 Å². The summed E-state index contributed by atoms with van der Waals surface area (Å²) in [6.07, 6.45) is 3.57. The highest BCUT2D eigenvalue weighted by atomic mass is 16.3. The van der Waals surface area contributed by atoms with Gasteiger partial charge in [0.05, 0.1) is 6.61 Å². The number of aliphatic hydroxyl groups is 1. The van der Waals surface area contributed by atoms with E-state index in [1.165, 1.54) is 0 Å². The van der Waals surface area contributed by atoms with Gasteiger partial charge >= 0.3 is 0 Å². The number of pyridine rings is 1. The van der Waals surface area contributed by atoms with Gasteiger partial charge in [0, 0.05) is 38.4 Å². The first-order valence-electron chi connectivity index (χ1n) is 5.37. The van der Waals surface area contributed by atoms with Crippen LogP contribution in [0.5, 0.6) is 0 Å². The lowest BCUT2D eigenvalue weighted by Gasteiger charge is -2.19. The summed E-state index contributed by atoms with van der Waals surface area (Å²) >= 11 is 0. The maximum absolute atomic E-state index is 11.4. The van der Waals surface area contributed by atoms with Gasteiger partial charge in [-0.1, -0.05) is 12.1 Å². The molecule has 0 amide bonds. The Morgan fingerprint density at radius 1 is 1.44 bits per heavy atom. The minimum Gasteiger partial charge on any atom is -0.395 e. The zero-order valence-corrected chi connectivity index (χ0v) is 9.38. The van der Waals surface area contributed by atoms with E-state index in [0.29, 0.717) is 13.1 Å². The van der Waals surface area contributed by atoms with Crippen LogP contribution in [0.2, 0.25) is 0 Å². The Labute approximate surface area is 95.4 Å². The number of nitrogens with zero attached hydrogens (tertiary/aromatic N) is 2. The molecule has 88 valence electrons. The standard InChI is InChI=1S/C12H18N2O2/c1-2-6-13(10-11-15)8-9-14-7-4-3-5-12(14)16/h2-5,7,15H,1,6,8-11H2. The fraction of sp³-hybridized carbons (Fsp3) is 0.417. The first-order chi connectivity index (χ1) is 7.77. The van der Waals surface area contributed by atoms with Crippen molar-refractivity contribution in [3.8, 4) is 0 Å². The lowest BCUT2D eigenvalue weighted by Crippen LogP contribution is -2.32. The van der Waals surface area contributed by atoms with E-state index < -0.39 is 0 Å². The zero-order chi connectivity index (χ0) is 11.8. The van der Waals surface area contributed by atoms with Gasteiger partial charge in [-0.2, -0.15) is 0 Å². The molecule has 0 spiro atoms. The van der Waals surface area contributed by atoms with E-state index >= 15 is 0 Å². The highest BCUT2D eigenvalue weighted by Gasteiger charge is 2.02. The predicted molar refractivity (Wildman–Crippen MR) is 64.4 cm³/mol. The van der Waals surface area contributed by atoms with Gasteiger partial charge < -0.3 is 9.67 Å². The normalized spacial score (nSPS) is 10.6. The number of hydrogen-bond donors (Lipinski definition) is 1. The van der Waals surface area contributed by atoms with Gasteiger partial charge in [-0.25, -0.2) is 0 Å². The van der Waals surface area contributed by atoms with E-state index in [1.807, 2.05) is 11.0 Å². The SMILES string of the molecule is C=CCN(CCO)CCn1ccccc1=O. The number of aromatic nitrogens is 1. The molecule has 0 aliphatic carbocycles. The first kappa shape index (κ1) is 12.7. The maximum Gasteiger partial charge on any atom is 0.250 e. The Bertz CT molecular complexity index is 373. The van der Waals surface area contributed by atoms with Crippen LogP contribution in [0, 0.1) is 0 Å². The van der Waals surface area contributed by atoms with Crippen LogP contribution in [-0.2, 0) is 6.54 Å². The van der Waals surface area contributed by atoms with Crippen molar-refractivity contribution in [1.82, 2.24) is 9.47 Å². The largest absolute Gasteiger partial charge is 0.395 e. The molecule has 1 heterocycles. The average Bonchev–Trinajstić information content (AvgIpc) is 2.28. The Kier molecular flexibility index (Phi) is 5.53. The Morgan fingerprint density at radius 2 is 2.25 bits per heavy atom. The molecule has 4 nitrogen and oxygen atoms in total. The second-order valence-corrected chi connectivity index (χ2v) is 3.55. The summed E-state index contributed by atoms with van der Waals surface area (Å²) in [6, 6.07) is 5.11. The van der Waals surface area contributed by atoms with Crippen molar-refractivity contribution >= 4 is 0 Å². The summed E-state index contributed by atoms with van der Waals surface area (Å²) in [5, 5.41) is 8.87. The molecule has 0 aromatic carbocycles. The zero-order valence-electron chi connectivity index (χ0n) is 9.38. The summed E-state index contributed by atoms with van der Waals surface area (Å²) < 4.78 is 1.66. The summed E-state index contributed by atoms with van der Waals surface area (Å²) in [5.74, 6) is 0. The van der Waals surface area contributed by atoms with Gasteiger partial charge in [-0.15, -0.1) is 6.58 Å². The van der Waals surface area contributed by atoms with E-state index in [1.54, 1.807) is 29.0 Å². The Balaban J connectivity index is 2.51. The third-order valence-electron chi connectivity index (χ3n) is 2.36. The van der Waals surface area contributed by atoms with E-state index in [-0.39, 0.29) is 12.2 Å². The van der Waals surface area contributed by atoms with E-state index in [4.69, 9.17) is 5.11 Å². The smallest absolute Gasteiger partial charge is 0.250 e. The minimum atomic E-state index is 0.00468. The molecule has 4 heteroatoms. The molecule has 1 aromatic rings. The molecule has 0 aliphatic rings. The van der Waals surface area contributed by atoms with Crippen LogP contribution < -0.4 is 5.56 Å². The van der Waals surface area contributed by atoms with Crippen molar-refractivity contribution in [2.75, 3.05) is 26.2 Å². The molecule has 1 rings (SSSR count). The molecule has 0 atom stereocenters. The van der Waals surface area contributed by atoms with Gasteiger partial charge in [0.1, 0.15) is 0 Å². The van der Waals surface area contributed by atoms with Crippen molar-refractivity contribution in [3.05, 3.63) is 47.4 Å². The minimum absolute atomic E-state index is 0.00468. The predicted octanol–water partition coefficient (Wildman–Crippen LogP) is 0.329. The van der Waals surface area contributed by atoms with Gasteiger partial charge in [-0.3, -0.25) is 9.69 Å². The van der Waals surface area contributed by atoms with Gasteiger partial charge in [0.25, 0.3) is 5.56 Å². The topological polar surface area (TPSA) is 45.5 Å². The fourth-order valence-corrected chi connectivity index (χ4v) is 1.51. The lowest BCUT2D eigenvalue weighted by molar-refractivity contribution is 0.203. The van der Waals surface area contributed by atoms with Crippen LogP contribution in [0.1, 0.15) is 0 Å². The summed E-state index contributed by atoms with van der Waals surface area (Å²) in [5.41, 5.74) is 0.00468. The van der Waals surface area contributed by atoms with Crippen LogP contribution in [0.15, 0.2) is 41.8 Å². The van der Waals surface area contributed by atoms with Crippen molar-refractivity contribution < 1.29 is 5.11 Å². The Hall–Kier alpha value is -1.39. The molecule has 0 saturated carbocycles. The van der Waals surface area contributed by atoms with Gasteiger partial charge in [0.2, 0.25) is 0 Å². The summed E-state index contributed by atoms with van der Waals surface area (Å²) in [7, 11) is 0. The first-order valence-corrected chi connectivity index (χ1v) is 5.37. The third-order valence-corrected chi connectivity index (χ3v) is 2.36. The Morgan fingerprint density at radius 3 is 2.88 bits per heavy atom. The molecular formula is C12H18N2O2. The highest BCUT2D eigenvalue weighted by molar-refractivity contribution is 4.93. The van der Waals surface area contributed by atoms with Crippen molar-refractivity contribution in [2.24, 2.45) is 0 Å². The maximum atomic E-state index is 11.4. The molecule has 0 saturated heterocycles. The van der Waals surface area contributed by atoms with Gasteiger partial charge in [0.15, 0.2) is 0 Å². The van der Waals surface area contributed by atoms with Crippen LogP contribution in [0.3, 0.4) is 0 Å². The molecule has 0 radical (unpaired) electrons. The average molecular weight is 222 g/mol. The second-order valence-electron chi connectivity index (χ2n) is 3.55. The summed E-state index contributed by atoms with van der Waals surface area (Å²) in [4.78, 5) is 13.5. The molecule has 1 aromatic heterocycles.